The number of methoxy groups -OCH3 is 1. The second-order valence-electron chi connectivity index (χ2n) is 10.5. The van der Waals surface area contributed by atoms with E-state index in [-0.39, 0.29) is 39.9 Å². The molecule has 0 fully saturated rings. The first-order valence-electron chi connectivity index (χ1n) is 13.0. The fourth-order valence-corrected chi connectivity index (χ4v) is 4.85. The minimum Gasteiger partial charge on any atom is -0.496 e. The number of aryl methyl sites for hydroxylation is 1. The summed E-state index contributed by atoms with van der Waals surface area (Å²) < 4.78 is 64.2. The Balaban J connectivity index is 2.11. The molecule has 0 aliphatic rings. The SMILES string of the molecule is CCOC(=O)CNC(c1nc2cc(C#N)ccc2[nH]1)(c1c(OC)cc(C)c2c1ccn2C(=O)OC(C)(C)C)C(F)(F)F. The fourth-order valence-electron chi connectivity index (χ4n) is 4.85. The highest BCUT2D eigenvalue weighted by Gasteiger charge is 2.61. The number of aromatic nitrogens is 3. The van der Waals surface area contributed by atoms with Crippen molar-refractivity contribution in [3.63, 3.8) is 0 Å². The Labute approximate surface area is 239 Å². The number of benzene rings is 2. The molecule has 0 radical (unpaired) electrons. The largest absolute Gasteiger partial charge is 0.496 e. The zero-order valence-electron chi connectivity index (χ0n) is 23.9. The molecule has 0 aliphatic heterocycles. The van der Waals surface area contributed by atoms with E-state index in [4.69, 9.17) is 14.2 Å². The first-order chi connectivity index (χ1) is 19.7. The highest BCUT2D eigenvalue weighted by Crippen LogP contribution is 2.50. The summed E-state index contributed by atoms with van der Waals surface area (Å²) in [6.45, 7) is 7.28. The smallest absolute Gasteiger partial charge is 0.419 e. The van der Waals surface area contributed by atoms with Crippen LogP contribution in [-0.2, 0) is 19.8 Å². The van der Waals surface area contributed by atoms with Crippen molar-refractivity contribution in [2.75, 3.05) is 20.3 Å². The summed E-state index contributed by atoms with van der Waals surface area (Å²) >= 11 is 0. The van der Waals surface area contributed by atoms with Gasteiger partial charge in [0.15, 0.2) is 0 Å². The number of esters is 1. The highest BCUT2D eigenvalue weighted by molar-refractivity contribution is 5.96. The number of rotatable bonds is 7. The van der Waals surface area contributed by atoms with Gasteiger partial charge in [-0.2, -0.15) is 18.4 Å². The molecule has 0 saturated carbocycles. The molecule has 1 unspecified atom stereocenters. The molecule has 4 rings (SSSR count). The topological polar surface area (TPSA) is 131 Å². The zero-order valence-corrected chi connectivity index (χ0v) is 23.9. The van der Waals surface area contributed by atoms with Gasteiger partial charge in [-0.1, -0.05) is 0 Å². The van der Waals surface area contributed by atoms with Crippen molar-refractivity contribution >= 4 is 34.0 Å². The lowest BCUT2D eigenvalue weighted by Gasteiger charge is -2.36. The van der Waals surface area contributed by atoms with Crippen LogP contribution in [0.1, 0.15) is 50.2 Å². The third-order valence-electron chi connectivity index (χ3n) is 6.50. The molecule has 222 valence electrons. The van der Waals surface area contributed by atoms with Crippen molar-refractivity contribution in [3.8, 4) is 11.8 Å². The fraction of sp³-hybridized carbons (Fsp3) is 0.379. The first kappa shape index (κ1) is 30.4. The number of imidazole rings is 1. The minimum absolute atomic E-state index is 0.00423. The summed E-state index contributed by atoms with van der Waals surface area (Å²) in [7, 11) is 1.22. The maximum atomic E-state index is 15.7. The number of hydrogen-bond donors (Lipinski definition) is 2. The van der Waals surface area contributed by atoms with E-state index in [2.05, 4.69) is 15.3 Å². The van der Waals surface area contributed by atoms with Crippen LogP contribution in [0.25, 0.3) is 21.9 Å². The molecule has 42 heavy (non-hydrogen) atoms. The molecule has 2 heterocycles. The zero-order chi connectivity index (χ0) is 31.0. The molecule has 0 spiro atoms. The van der Waals surface area contributed by atoms with Crippen LogP contribution in [-0.4, -0.2) is 58.6 Å². The quantitative estimate of drug-likeness (QED) is 0.274. The average Bonchev–Trinajstić information content (AvgIpc) is 3.53. The number of halogens is 3. The Kier molecular flexibility index (Phi) is 7.97. The predicted molar refractivity (Wildman–Crippen MR) is 147 cm³/mol. The molecular formula is C29H30F3N5O5. The van der Waals surface area contributed by atoms with Crippen LogP contribution in [0.4, 0.5) is 18.0 Å². The van der Waals surface area contributed by atoms with Crippen LogP contribution in [0.3, 0.4) is 0 Å². The summed E-state index contributed by atoms with van der Waals surface area (Å²) in [6, 6.07) is 8.91. The van der Waals surface area contributed by atoms with Crippen LogP contribution in [0.15, 0.2) is 36.5 Å². The van der Waals surface area contributed by atoms with Gasteiger partial charge in [-0.05, 0) is 70.5 Å². The van der Waals surface area contributed by atoms with Crippen molar-refractivity contribution in [1.29, 1.82) is 5.26 Å². The summed E-state index contributed by atoms with van der Waals surface area (Å²) in [6.07, 6.45) is -4.62. The van der Waals surface area contributed by atoms with Crippen LogP contribution in [0.2, 0.25) is 0 Å². The molecule has 0 aliphatic carbocycles. The van der Waals surface area contributed by atoms with Gasteiger partial charge in [-0.25, -0.2) is 9.78 Å². The summed E-state index contributed by atoms with van der Waals surface area (Å²) in [5.74, 6) is -1.71. The lowest BCUT2D eigenvalue weighted by atomic mass is 9.84. The number of alkyl halides is 3. The Morgan fingerprint density at radius 1 is 1.17 bits per heavy atom. The predicted octanol–water partition coefficient (Wildman–Crippen LogP) is 5.45. The number of carbonyl (C=O) groups is 2. The number of carbonyl (C=O) groups excluding carboxylic acids is 2. The van der Waals surface area contributed by atoms with Gasteiger partial charge in [0.25, 0.3) is 0 Å². The molecule has 0 bridgehead atoms. The number of H-pyrrole nitrogens is 1. The lowest BCUT2D eigenvalue weighted by Crippen LogP contribution is -2.57. The Hall–Kier alpha value is -4.57. The second kappa shape index (κ2) is 11.0. The van der Waals surface area contributed by atoms with Gasteiger partial charge in [0.05, 0.1) is 48.4 Å². The Bertz CT molecular complexity index is 1710. The van der Waals surface area contributed by atoms with E-state index in [0.717, 1.165) is 4.57 Å². The number of aromatic amines is 1. The van der Waals surface area contributed by atoms with Gasteiger partial charge < -0.3 is 19.2 Å². The molecule has 0 amide bonds. The molecule has 2 N–H and O–H groups in total. The summed E-state index contributed by atoms with van der Waals surface area (Å²) in [5, 5.41) is 11.7. The van der Waals surface area contributed by atoms with E-state index in [1.165, 1.54) is 50.6 Å². The monoisotopic (exact) mass is 585 g/mol. The number of hydrogen-bond acceptors (Lipinski definition) is 8. The Morgan fingerprint density at radius 2 is 1.88 bits per heavy atom. The van der Waals surface area contributed by atoms with Crippen LogP contribution < -0.4 is 10.1 Å². The van der Waals surface area contributed by atoms with Gasteiger partial charge in [0.1, 0.15) is 17.2 Å². The normalized spacial score (nSPS) is 13.5. The molecule has 13 heteroatoms. The second-order valence-corrected chi connectivity index (χ2v) is 10.5. The van der Waals surface area contributed by atoms with Crippen molar-refractivity contribution in [2.24, 2.45) is 0 Å². The highest BCUT2D eigenvalue weighted by atomic mass is 19.4. The van der Waals surface area contributed by atoms with Gasteiger partial charge in [-0.3, -0.25) is 14.7 Å². The number of nitrogens with zero attached hydrogens (tertiary/aromatic N) is 3. The summed E-state index contributed by atoms with van der Waals surface area (Å²) in [4.78, 5) is 32.5. The van der Waals surface area contributed by atoms with E-state index < -0.39 is 47.3 Å². The van der Waals surface area contributed by atoms with Crippen LogP contribution >= 0.6 is 0 Å². The molecule has 2 aromatic heterocycles. The lowest BCUT2D eigenvalue weighted by molar-refractivity contribution is -0.190. The van der Waals surface area contributed by atoms with E-state index in [1.54, 1.807) is 27.7 Å². The van der Waals surface area contributed by atoms with Crippen molar-refractivity contribution in [2.45, 2.75) is 51.9 Å². The van der Waals surface area contributed by atoms with E-state index >= 15 is 13.2 Å². The molecule has 1 atom stereocenters. The van der Waals surface area contributed by atoms with Crippen molar-refractivity contribution in [1.82, 2.24) is 19.9 Å². The van der Waals surface area contributed by atoms with Crippen LogP contribution in [0, 0.1) is 18.3 Å². The number of nitrogens with one attached hydrogen (secondary N) is 2. The summed E-state index contributed by atoms with van der Waals surface area (Å²) in [5.41, 5.74) is -3.38. The average molecular weight is 586 g/mol. The number of ether oxygens (including phenoxy) is 3. The molecule has 2 aromatic carbocycles. The Morgan fingerprint density at radius 3 is 2.48 bits per heavy atom. The first-order valence-corrected chi connectivity index (χ1v) is 13.0. The van der Waals surface area contributed by atoms with E-state index in [0.29, 0.717) is 5.56 Å². The minimum atomic E-state index is -5.14. The van der Waals surface area contributed by atoms with Gasteiger partial charge in [0, 0.05) is 17.1 Å². The van der Waals surface area contributed by atoms with Crippen LogP contribution in [0.5, 0.6) is 5.75 Å². The van der Waals surface area contributed by atoms with Crippen molar-refractivity contribution in [3.05, 3.63) is 59.0 Å². The third-order valence-corrected chi connectivity index (χ3v) is 6.50. The number of nitriles is 1. The van der Waals surface area contributed by atoms with E-state index in [1.807, 2.05) is 6.07 Å². The molecule has 4 aromatic rings. The van der Waals surface area contributed by atoms with Crippen molar-refractivity contribution < 1.29 is 37.0 Å². The number of fused-ring (bicyclic) bond motifs is 2. The molecular weight excluding hydrogens is 555 g/mol. The maximum absolute atomic E-state index is 15.7. The van der Waals surface area contributed by atoms with E-state index in [9.17, 15) is 14.9 Å². The maximum Gasteiger partial charge on any atom is 0.419 e. The van der Waals surface area contributed by atoms with Gasteiger partial charge >= 0.3 is 18.2 Å². The van der Waals surface area contributed by atoms with Gasteiger partial charge in [-0.15, -0.1) is 0 Å². The molecule has 10 nitrogen and oxygen atoms in total. The van der Waals surface area contributed by atoms with Gasteiger partial charge in [0.2, 0.25) is 5.54 Å². The standard InChI is InChI=1S/C29H30F3N5O5/c1-7-41-22(38)15-34-28(29(30,31)32,25-35-19-9-8-17(14-33)13-20(19)36-25)23-18-10-11-37(26(39)42-27(3,4)5)24(18)16(2)12-21(23)40-6/h8-13,34H,7,15H2,1-6H3,(H,35,36). The third kappa shape index (κ3) is 5.37. The molecule has 0 saturated heterocycles.